The fraction of sp³-hybridized carbons (Fsp3) is 0.447. The molecule has 0 amide bonds. The van der Waals surface area contributed by atoms with Crippen molar-refractivity contribution in [1.82, 2.24) is 0 Å². The minimum absolute atomic E-state index is 0.0885. The van der Waals surface area contributed by atoms with Gasteiger partial charge < -0.3 is 20.0 Å². The first kappa shape index (κ1) is 34.4. The van der Waals surface area contributed by atoms with E-state index in [1.807, 2.05) is 64.1 Å². The van der Waals surface area contributed by atoms with Gasteiger partial charge >= 0.3 is 11.9 Å². The summed E-state index contributed by atoms with van der Waals surface area (Å²) in [5.74, 6) is -2.10. The van der Waals surface area contributed by atoms with E-state index in [9.17, 15) is 23.1 Å². The average molecular weight is 660 g/mol. The molecule has 3 aromatic rings. The van der Waals surface area contributed by atoms with Gasteiger partial charge in [0.2, 0.25) is 0 Å². The molecule has 1 aliphatic carbocycles. The van der Waals surface area contributed by atoms with Crippen LogP contribution in [0.2, 0.25) is 0 Å². The summed E-state index contributed by atoms with van der Waals surface area (Å²) in [7, 11) is -3.74. The van der Waals surface area contributed by atoms with Crippen molar-refractivity contribution in [3.63, 3.8) is 0 Å². The lowest BCUT2D eigenvalue weighted by Gasteiger charge is -2.19. The zero-order valence-electron chi connectivity index (χ0n) is 27.9. The van der Waals surface area contributed by atoms with Crippen molar-refractivity contribution < 1.29 is 32.6 Å². The number of esters is 1. The van der Waals surface area contributed by atoms with E-state index in [4.69, 9.17) is 14.9 Å². The molecule has 0 saturated heterocycles. The molecule has 1 atom stereocenters. The lowest BCUT2D eigenvalue weighted by atomic mass is 9.94. The van der Waals surface area contributed by atoms with Gasteiger partial charge in [-0.1, -0.05) is 61.4 Å². The number of carbonyl (C=O) groups is 2. The number of unbranched alkanes of at least 4 members (excludes halogenated alkanes) is 2. The van der Waals surface area contributed by atoms with E-state index in [1.54, 1.807) is 6.92 Å². The van der Waals surface area contributed by atoms with Crippen molar-refractivity contribution in [1.29, 1.82) is 5.41 Å². The number of aliphatic carboxylic acids is 1. The lowest BCUT2D eigenvalue weighted by molar-refractivity contribution is -0.152. The SMILES string of the molecule is Cc1c(C)c(S(=O)(=O)CC(=N)CCCCC[C@H](CC(=O)OCC2c3ccccc3-c3ccccc32)C(=O)O)c(C)c2c1OC(C)(C)C2. The molecule has 0 aromatic heterocycles. The molecular weight excluding hydrogens is 614 g/mol. The van der Waals surface area contributed by atoms with E-state index in [0.29, 0.717) is 54.5 Å². The lowest BCUT2D eigenvalue weighted by Crippen LogP contribution is -2.24. The van der Waals surface area contributed by atoms with Crippen LogP contribution in [-0.2, 0) is 30.6 Å². The first-order valence-electron chi connectivity index (χ1n) is 16.4. The van der Waals surface area contributed by atoms with E-state index in [-0.39, 0.29) is 30.4 Å². The summed E-state index contributed by atoms with van der Waals surface area (Å²) in [6.07, 6.45) is 2.77. The van der Waals surface area contributed by atoms with Crippen LogP contribution in [0.5, 0.6) is 5.75 Å². The molecule has 5 rings (SSSR count). The monoisotopic (exact) mass is 659 g/mol. The Kier molecular flexibility index (Phi) is 9.96. The van der Waals surface area contributed by atoms with Crippen LogP contribution in [0.4, 0.5) is 0 Å². The van der Waals surface area contributed by atoms with Crippen LogP contribution >= 0.6 is 0 Å². The third-order valence-corrected chi connectivity index (χ3v) is 11.6. The standard InChI is InChI=1S/C38H45NO7S/c1-23-24(2)36(25(3)32-20-38(4,5)46-35(23)32)47(43,44)22-27(39)14-8-6-7-13-26(37(41)42)19-34(40)45-21-33-30-17-11-9-15-28(30)29-16-10-12-18-31(29)33/h9-12,15-18,26,33,39H,6-8,13-14,19-22H2,1-5H3,(H,41,42)/t26-/m1/s1. The number of rotatable bonds is 14. The Bertz CT molecular complexity index is 1780. The summed E-state index contributed by atoms with van der Waals surface area (Å²) in [5.41, 5.74) is 7.31. The molecule has 0 radical (unpaired) electrons. The minimum atomic E-state index is -3.74. The van der Waals surface area contributed by atoms with Crippen LogP contribution in [0.25, 0.3) is 11.1 Å². The van der Waals surface area contributed by atoms with Gasteiger partial charge in [0.05, 0.1) is 23.0 Å². The molecule has 0 saturated carbocycles. The van der Waals surface area contributed by atoms with E-state index in [0.717, 1.165) is 39.1 Å². The van der Waals surface area contributed by atoms with Gasteiger partial charge in [-0.2, -0.15) is 0 Å². The predicted molar refractivity (Wildman–Crippen MR) is 182 cm³/mol. The zero-order valence-corrected chi connectivity index (χ0v) is 28.8. The number of benzene rings is 3. The first-order valence-corrected chi connectivity index (χ1v) is 18.0. The Balaban J connectivity index is 1.09. The maximum atomic E-state index is 13.5. The number of carboxylic acids is 1. The third-order valence-electron chi connectivity index (χ3n) is 9.63. The van der Waals surface area contributed by atoms with E-state index in [1.165, 1.54) is 0 Å². The molecule has 0 unspecified atom stereocenters. The summed E-state index contributed by atoms with van der Waals surface area (Å²) < 4.78 is 38.8. The van der Waals surface area contributed by atoms with Crippen molar-refractivity contribution in [2.75, 3.05) is 12.4 Å². The second-order valence-corrected chi connectivity index (χ2v) is 15.6. The molecule has 1 aliphatic heterocycles. The van der Waals surface area contributed by atoms with Crippen LogP contribution < -0.4 is 4.74 Å². The number of ether oxygens (including phenoxy) is 2. The molecule has 0 bridgehead atoms. The molecule has 9 heteroatoms. The molecule has 2 aliphatic rings. The van der Waals surface area contributed by atoms with E-state index >= 15 is 0 Å². The second kappa shape index (κ2) is 13.6. The molecule has 3 aromatic carbocycles. The first-order chi connectivity index (χ1) is 22.2. The van der Waals surface area contributed by atoms with Crippen LogP contribution in [-0.4, -0.2) is 49.1 Å². The maximum absolute atomic E-state index is 13.5. The average Bonchev–Trinajstić information content (AvgIpc) is 3.51. The van der Waals surface area contributed by atoms with Gasteiger partial charge in [0.1, 0.15) is 18.0 Å². The topological polar surface area (TPSA) is 131 Å². The molecule has 250 valence electrons. The number of hydrogen-bond acceptors (Lipinski definition) is 7. The van der Waals surface area contributed by atoms with Gasteiger partial charge in [-0.15, -0.1) is 0 Å². The van der Waals surface area contributed by atoms with Crippen LogP contribution in [0.15, 0.2) is 53.4 Å². The van der Waals surface area contributed by atoms with Crippen LogP contribution in [0, 0.1) is 32.1 Å². The Morgan fingerprint density at radius 2 is 1.57 bits per heavy atom. The van der Waals surface area contributed by atoms with Crippen molar-refractivity contribution in [3.05, 3.63) is 81.9 Å². The highest BCUT2D eigenvalue weighted by Gasteiger charge is 2.37. The Morgan fingerprint density at radius 1 is 0.957 bits per heavy atom. The predicted octanol–water partition coefficient (Wildman–Crippen LogP) is 7.52. The number of hydrogen-bond donors (Lipinski definition) is 2. The van der Waals surface area contributed by atoms with Crippen LogP contribution in [0.3, 0.4) is 0 Å². The zero-order chi connectivity index (χ0) is 34.1. The minimum Gasteiger partial charge on any atom is -0.487 e. The fourth-order valence-corrected chi connectivity index (χ4v) is 9.14. The maximum Gasteiger partial charge on any atom is 0.307 e. The van der Waals surface area contributed by atoms with Crippen molar-refractivity contribution >= 4 is 27.5 Å². The molecule has 8 nitrogen and oxygen atoms in total. The molecule has 47 heavy (non-hydrogen) atoms. The summed E-state index contributed by atoms with van der Waals surface area (Å²) in [5, 5.41) is 18.2. The number of nitrogens with one attached hydrogen (secondary N) is 1. The summed E-state index contributed by atoms with van der Waals surface area (Å²) in [6.45, 7) is 9.65. The largest absolute Gasteiger partial charge is 0.487 e. The van der Waals surface area contributed by atoms with Crippen LogP contribution in [0.1, 0.15) is 91.7 Å². The number of sulfone groups is 1. The number of carboxylic acid groups (broad SMARTS) is 1. The van der Waals surface area contributed by atoms with Crippen molar-refractivity contribution in [2.45, 2.75) is 96.0 Å². The van der Waals surface area contributed by atoms with Gasteiger partial charge in [-0.3, -0.25) is 9.59 Å². The van der Waals surface area contributed by atoms with E-state index < -0.39 is 33.3 Å². The Labute approximate surface area is 277 Å². The highest BCUT2D eigenvalue weighted by molar-refractivity contribution is 7.92. The summed E-state index contributed by atoms with van der Waals surface area (Å²) in [6, 6.07) is 16.1. The second-order valence-electron chi connectivity index (χ2n) is 13.7. The summed E-state index contributed by atoms with van der Waals surface area (Å²) in [4.78, 5) is 25.0. The smallest absolute Gasteiger partial charge is 0.307 e. The normalized spacial score (nSPS) is 15.3. The number of fused-ring (bicyclic) bond motifs is 4. The Morgan fingerprint density at radius 3 is 2.19 bits per heavy atom. The van der Waals surface area contributed by atoms with Gasteiger partial charge in [0, 0.05) is 23.6 Å². The highest BCUT2D eigenvalue weighted by Crippen LogP contribution is 2.45. The molecule has 2 N–H and O–H groups in total. The molecule has 1 heterocycles. The molecular formula is C38H45NO7S. The van der Waals surface area contributed by atoms with Gasteiger partial charge in [-0.25, -0.2) is 8.42 Å². The number of carbonyl (C=O) groups excluding carboxylic acids is 1. The fourth-order valence-electron chi connectivity index (χ4n) is 7.18. The third kappa shape index (κ3) is 7.30. The van der Waals surface area contributed by atoms with Gasteiger partial charge in [-0.05, 0) is 92.8 Å². The molecule has 0 spiro atoms. The van der Waals surface area contributed by atoms with E-state index in [2.05, 4.69) is 12.1 Å². The van der Waals surface area contributed by atoms with Crippen molar-refractivity contribution in [2.24, 2.45) is 5.92 Å². The molecule has 0 fully saturated rings. The van der Waals surface area contributed by atoms with Crippen molar-refractivity contribution in [3.8, 4) is 16.9 Å². The van der Waals surface area contributed by atoms with Gasteiger partial charge in [0.25, 0.3) is 0 Å². The van der Waals surface area contributed by atoms with Gasteiger partial charge in [0.15, 0.2) is 9.84 Å². The quantitative estimate of drug-likeness (QED) is 0.104. The Hall–Kier alpha value is -3.98. The summed E-state index contributed by atoms with van der Waals surface area (Å²) >= 11 is 0. The highest BCUT2D eigenvalue weighted by atomic mass is 32.2.